The third-order valence-corrected chi connectivity index (χ3v) is 5.59. The second-order valence-corrected chi connectivity index (χ2v) is 8.11. The van der Waals surface area contributed by atoms with Crippen LogP contribution < -0.4 is 19.5 Å². The van der Waals surface area contributed by atoms with Crippen LogP contribution in [-0.2, 0) is 13.0 Å². The molecule has 0 aliphatic rings. The van der Waals surface area contributed by atoms with E-state index in [2.05, 4.69) is 22.5 Å². The summed E-state index contributed by atoms with van der Waals surface area (Å²) in [5, 5.41) is 19.3. The zero-order valence-corrected chi connectivity index (χ0v) is 19.6. The van der Waals surface area contributed by atoms with E-state index in [0.717, 1.165) is 40.9 Å². The number of aliphatic hydroxyl groups is 1. The topological polar surface area (TPSA) is 77.8 Å². The van der Waals surface area contributed by atoms with Crippen molar-refractivity contribution in [3.05, 3.63) is 84.1 Å². The van der Waals surface area contributed by atoms with E-state index >= 15 is 0 Å². The maximum atomic E-state index is 10.4. The molecule has 7 nitrogen and oxygen atoms in total. The van der Waals surface area contributed by atoms with Gasteiger partial charge in [-0.15, -0.1) is 0 Å². The zero-order chi connectivity index (χ0) is 23.8. The molecule has 1 heterocycles. The SMILES string of the molecule is COc1ccc(CCNCC(O)COc2cccc3nn(Cc4ccccc4)cc23)cc1OC. The van der Waals surface area contributed by atoms with Crippen LogP contribution in [0.5, 0.6) is 17.2 Å². The number of fused-ring (bicyclic) bond motifs is 1. The largest absolute Gasteiger partial charge is 0.493 e. The van der Waals surface area contributed by atoms with Gasteiger partial charge in [0.25, 0.3) is 0 Å². The van der Waals surface area contributed by atoms with Gasteiger partial charge in [-0.3, -0.25) is 4.68 Å². The average molecular weight is 462 g/mol. The van der Waals surface area contributed by atoms with Crippen molar-refractivity contribution in [2.45, 2.75) is 19.1 Å². The lowest BCUT2D eigenvalue weighted by Gasteiger charge is -2.14. The molecule has 7 heteroatoms. The summed E-state index contributed by atoms with van der Waals surface area (Å²) in [5.74, 6) is 2.16. The molecule has 0 radical (unpaired) electrons. The summed E-state index contributed by atoms with van der Waals surface area (Å²) in [6.45, 7) is 2.07. The molecular formula is C27H31N3O4. The molecule has 0 fully saturated rings. The molecule has 3 aromatic carbocycles. The van der Waals surface area contributed by atoms with Gasteiger partial charge in [0.2, 0.25) is 0 Å². The Kier molecular flexibility index (Phi) is 8.01. The van der Waals surface area contributed by atoms with E-state index in [-0.39, 0.29) is 6.61 Å². The van der Waals surface area contributed by atoms with Crippen molar-refractivity contribution < 1.29 is 19.3 Å². The molecule has 34 heavy (non-hydrogen) atoms. The van der Waals surface area contributed by atoms with Crippen molar-refractivity contribution in [1.29, 1.82) is 0 Å². The fourth-order valence-electron chi connectivity index (χ4n) is 3.83. The lowest BCUT2D eigenvalue weighted by molar-refractivity contribution is 0.107. The molecule has 0 spiro atoms. The first-order chi connectivity index (χ1) is 16.7. The van der Waals surface area contributed by atoms with Gasteiger partial charge < -0.3 is 24.6 Å². The van der Waals surface area contributed by atoms with Gasteiger partial charge in [-0.2, -0.15) is 5.10 Å². The number of hydrogen-bond donors (Lipinski definition) is 2. The third-order valence-electron chi connectivity index (χ3n) is 5.59. The maximum Gasteiger partial charge on any atom is 0.160 e. The van der Waals surface area contributed by atoms with Gasteiger partial charge in [0.15, 0.2) is 11.5 Å². The number of nitrogens with zero attached hydrogens (tertiary/aromatic N) is 2. The smallest absolute Gasteiger partial charge is 0.160 e. The highest BCUT2D eigenvalue weighted by molar-refractivity contribution is 5.84. The van der Waals surface area contributed by atoms with Gasteiger partial charge in [-0.05, 0) is 48.4 Å². The Morgan fingerprint density at radius 1 is 0.912 bits per heavy atom. The first kappa shape index (κ1) is 23.6. The summed E-state index contributed by atoms with van der Waals surface area (Å²) in [6, 6.07) is 21.9. The van der Waals surface area contributed by atoms with Crippen LogP contribution in [0, 0.1) is 0 Å². The van der Waals surface area contributed by atoms with E-state index in [1.807, 2.05) is 65.5 Å². The molecule has 178 valence electrons. The Morgan fingerprint density at radius 3 is 2.53 bits per heavy atom. The third kappa shape index (κ3) is 6.07. The number of aliphatic hydroxyl groups excluding tert-OH is 1. The van der Waals surface area contributed by atoms with Gasteiger partial charge in [-0.25, -0.2) is 0 Å². The molecule has 0 bridgehead atoms. The fraction of sp³-hybridized carbons (Fsp3) is 0.296. The van der Waals surface area contributed by atoms with Crippen LogP contribution in [0.15, 0.2) is 72.9 Å². The summed E-state index contributed by atoms with van der Waals surface area (Å²) in [7, 11) is 3.25. The molecule has 0 saturated carbocycles. The van der Waals surface area contributed by atoms with Crippen LogP contribution in [0.1, 0.15) is 11.1 Å². The first-order valence-electron chi connectivity index (χ1n) is 11.4. The number of aromatic nitrogens is 2. The monoisotopic (exact) mass is 461 g/mol. The van der Waals surface area contributed by atoms with Crippen molar-refractivity contribution >= 4 is 10.9 Å². The molecule has 2 N–H and O–H groups in total. The predicted octanol–water partition coefficient (Wildman–Crippen LogP) is 3.67. The van der Waals surface area contributed by atoms with Gasteiger partial charge in [-0.1, -0.05) is 42.5 Å². The molecule has 0 amide bonds. The summed E-state index contributed by atoms with van der Waals surface area (Å²) in [4.78, 5) is 0. The molecule has 0 aliphatic carbocycles. The number of hydrogen-bond acceptors (Lipinski definition) is 6. The summed E-state index contributed by atoms with van der Waals surface area (Å²) >= 11 is 0. The molecule has 1 aromatic heterocycles. The number of methoxy groups -OCH3 is 2. The normalized spacial score (nSPS) is 12.0. The number of ether oxygens (including phenoxy) is 3. The fourth-order valence-corrected chi connectivity index (χ4v) is 3.83. The maximum absolute atomic E-state index is 10.4. The van der Waals surface area contributed by atoms with E-state index < -0.39 is 6.10 Å². The minimum atomic E-state index is -0.625. The van der Waals surface area contributed by atoms with Gasteiger partial charge >= 0.3 is 0 Å². The van der Waals surface area contributed by atoms with Crippen LogP contribution in [0.25, 0.3) is 10.9 Å². The molecular weight excluding hydrogens is 430 g/mol. The van der Waals surface area contributed by atoms with Crippen molar-refractivity contribution in [1.82, 2.24) is 15.1 Å². The highest BCUT2D eigenvalue weighted by Gasteiger charge is 2.11. The van der Waals surface area contributed by atoms with E-state index in [0.29, 0.717) is 18.8 Å². The first-order valence-corrected chi connectivity index (χ1v) is 11.4. The number of nitrogens with one attached hydrogen (secondary N) is 1. The second kappa shape index (κ2) is 11.5. The van der Waals surface area contributed by atoms with Crippen molar-refractivity contribution in [3.63, 3.8) is 0 Å². The Bertz CT molecular complexity index is 1190. The van der Waals surface area contributed by atoms with Crippen molar-refractivity contribution in [2.24, 2.45) is 0 Å². The summed E-state index contributed by atoms with van der Waals surface area (Å²) in [5.41, 5.74) is 3.19. The van der Waals surface area contributed by atoms with E-state index in [4.69, 9.17) is 14.2 Å². The lowest BCUT2D eigenvalue weighted by atomic mass is 10.1. The summed E-state index contributed by atoms with van der Waals surface area (Å²) < 4.78 is 18.5. The Hall–Kier alpha value is -3.55. The van der Waals surface area contributed by atoms with Crippen LogP contribution in [0.4, 0.5) is 0 Å². The molecule has 0 aliphatic heterocycles. The minimum absolute atomic E-state index is 0.201. The number of benzene rings is 3. The minimum Gasteiger partial charge on any atom is -0.493 e. The molecule has 0 saturated heterocycles. The Balaban J connectivity index is 1.26. The average Bonchev–Trinajstić information content (AvgIpc) is 3.28. The zero-order valence-electron chi connectivity index (χ0n) is 19.6. The number of rotatable bonds is 12. The van der Waals surface area contributed by atoms with Gasteiger partial charge in [0, 0.05) is 12.7 Å². The molecule has 1 atom stereocenters. The molecule has 1 unspecified atom stereocenters. The van der Waals surface area contributed by atoms with Crippen LogP contribution in [0.2, 0.25) is 0 Å². The molecule has 4 aromatic rings. The quantitative estimate of drug-likeness (QED) is 0.314. The van der Waals surface area contributed by atoms with Crippen LogP contribution in [0.3, 0.4) is 0 Å². The molecule has 4 rings (SSSR count). The predicted molar refractivity (Wildman–Crippen MR) is 133 cm³/mol. The highest BCUT2D eigenvalue weighted by atomic mass is 16.5. The van der Waals surface area contributed by atoms with E-state index in [1.54, 1.807) is 14.2 Å². The van der Waals surface area contributed by atoms with E-state index in [9.17, 15) is 5.11 Å². The van der Waals surface area contributed by atoms with Crippen molar-refractivity contribution in [2.75, 3.05) is 33.9 Å². The second-order valence-electron chi connectivity index (χ2n) is 8.11. The van der Waals surface area contributed by atoms with Gasteiger partial charge in [0.05, 0.1) is 31.7 Å². The van der Waals surface area contributed by atoms with Crippen molar-refractivity contribution in [3.8, 4) is 17.2 Å². The summed E-state index contributed by atoms with van der Waals surface area (Å²) in [6.07, 6.45) is 2.18. The Labute approximate surface area is 199 Å². The van der Waals surface area contributed by atoms with Crippen LogP contribution in [-0.4, -0.2) is 54.9 Å². The lowest BCUT2D eigenvalue weighted by Crippen LogP contribution is -2.32. The van der Waals surface area contributed by atoms with E-state index in [1.165, 1.54) is 5.56 Å². The standard InChI is InChI=1S/C27H31N3O4/c1-32-26-12-11-20(15-27(26)33-2)13-14-28-16-22(31)19-34-25-10-6-9-24-23(25)18-30(29-24)17-21-7-4-3-5-8-21/h3-12,15,18,22,28,31H,13-14,16-17,19H2,1-2H3. The van der Waals surface area contributed by atoms with Gasteiger partial charge in [0.1, 0.15) is 18.5 Å². The Morgan fingerprint density at radius 2 is 1.74 bits per heavy atom. The van der Waals surface area contributed by atoms with Crippen LogP contribution >= 0.6 is 0 Å². The highest BCUT2D eigenvalue weighted by Crippen LogP contribution is 2.27.